The van der Waals surface area contributed by atoms with Crippen LogP contribution in [0.3, 0.4) is 0 Å². The molecule has 100 valence electrons. The van der Waals surface area contributed by atoms with Gasteiger partial charge in [0.25, 0.3) is 0 Å². The minimum atomic E-state index is 0.113. The minimum absolute atomic E-state index is 0.113. The third-order valence-corrected chi connectivity index (χ3v) is 3.84. The van der Waals surface area contributed by atoms with Gasteiger partial charge >= 0.3 is 0 Å². The second-order valence-corrected chi connectivity index (χ2v) is 5.31. The van der Waals surface area contributed by atoms with Gasteiger partial charge in [-0.05, 0) is 42.7 Å². The van der Waals surface area contributed by atoms with E-state index in [1.807, 2.05) is 0 Å². The molecule has 1 aromatic carbocycles. The van der Waals surface area contributed by atoms with E-state index < -0.39 is 0 Å². The van der Waals surface area contributed by atoms with E-state index in [1.165, 1.54) is 30.4 Å². The van der Waals surface area contributed by atoms with E-state index in [1.54, 1.807) is 0 Å². The summed E-state index contributed by atoms with van der Waals surface area (Å²) in [6.45, 7) is 3.74. The first-order chi connectivity index (χ1) is 8.81. The first-order valence-corrected chi connectivity index (χ1v) is 7.24. The van der Waals surface area contributed by atoms with Gasteiger partial charge in [0.15, 0.2) is 0 Å². The highest BCUT2D eigenvalue weighted by molar-refractivity contribution is 5.29. The Bertz CT molecular complexity index is 360. The SMILES string of the molecule is CCCOCCC(N)c1cccc(C2CCC2)c1. The lowest BCUT2D eigenvalue weighted by atomic mass is 9.79. The number of hydrogen-bond donors (Lipinski definition) is 1. The van der Waals surface area contributed by atoms with Crippen molar-refractivity contribution in [1.29, 1.82) is 0 Å². The molecule has 0 aliphatic heterocycles. The Labute approximate surface area is 111 Å². The van der Waals surface area contributed by atoms with Gasteiger partial charge in [-0.1, -0.05) is 37.6 Å². The fraction of sp³-hybridized carbons (Fsp3) is 0.625. The lowest BCUT2D eigenvalue weighted by molar-refractivity contribution is 0.128. The van der Waals surface area contributed by atoms with Gasteiger partial charge in [-0.15, -0.1) is 0 Å². The number of benzene rings is 1. The Morgan fingerprint density at radius 1 is 1.33 bits per heavy atom. The highest BCUT2D eigenvalue weighted by atomic mass is 16.5. The van der Waals surface area contributed by atoms with E-state index >= 15 is 0 Å². The van der Waals surface area contributed by atoms with E-state index in [9.17, 15) is 0 Å². The van der Waals surface area contributed by atoms with Crippen LogP contribution in [0.15, 0.2) is 24.3 Å². The van der Waals surface area contributed by atoms with Gasteiger partial charge in [0.05, 0.1) is 0 Å². The summed E-state index contributed by atoms with van der Waals surface area (Å²) in [6.07, 6.45) is 6.06. The molecule has 1 saturated carbocycles. The fourth-order valence-electron chi connectivity index (χ4n) is 2.41. The van der Waals surface area contributed by atoms with Gasteiger partial charge in [-0.2, -0.15) is 0 Å². The van der Waals surface area contributed by atoms with Crippen LogP contribution in [-0.2, 0) is 4.74 Å². The molecule has 0 aromatic heterocycles. The van der Waals surface area contributed by atoms with Crippen molar-refractivity contribution in [3.63, 3.8) is 0 Å². The lowest BCUT2D eigenvalue weighted by Gasteiger charge is -2.26. The normalized spacial score (nSPS) is 17.4. The van der Waals surface area contributed by atoms with E-state index in [4.69, 9.17) is 10.5 Å². The first-order valence-electron chi connectivity index (χ1n) is 7.24. The lowest BCUT2D eigenvalue weighted by Crippen LogP contribution is -2.15. The van der Waals surface area contributed by atoms with Crippen molar-refractivity contribution in [2.75, 3.05) is 13.2 Å². The molecule has 2 N–H and O–H groups in total. The van der Waals surface area contributed by atoms with Crippen LogP contribution >= 0.6 is 0 Å². The maximum Gasteiger partial charge on any atom is 0.0484 e. The molecule has 2 rings (SSSR count). The van der Waals surface area contributed by atoms with Crippen molar-refractivity contribution < 1.29 is 4.74 Å². The molecule has 2 nitrogen and oxygen atoms in total. The van der Waals surface area contributed by atoms with Gasteiger partial charge in [0.2, 0.25) is 0 Å². The molecule has 0 radical (unpaired) electrons. The monoisotopic (exact) mass is 247 g/mol. The van der Waals surface area contributed by atoms with Gasteiger partial charge in [-0.25, -0.2) is 0 Å². The quantitative estimate of drug-likeness (QED) is 0.744. The summed E-state index contributed by atoms with van der Waals surface area (Å²) in [5, 5.41) is 0. The van der Waals surface area contributed by atoms with Crippen LogP contribution in [0.5, 0.6) is 0 Å². The smallest absolute Gasteiger partial charge is 0.0484 e. The zero-order valence-electron chi connectivity index (χ0n) is 11.4. The van der Waals surface area contributed by atoms with Crippen molar-refractivity contribution in [3.05, 3.63) is 35.4 Å². The molecule has 2 heteroatoms. The molecule has 1 unspecified atom stereocenters. The van der Waals surface area contributed by atoms with Crippen molar-refractivity contribution >= 4 is 0 Å². The largest absolute Gasteiger partial charge is 0.381 e. The Morgan fingerprint density at radius 3 is 2.83 bits per heavy atom. The summed E-state index contributed by atoms with van der Waals surface area (Å²) in [5.41, 5.74) is 8.96. The van der Waals surface area contributed by atoms with Gasteiger partial charge in [-0.3, -0.25) is 0 Å². The summed E-state index contributed by atoms with van der Waals surface area (Å²) in [6, 6.07) is 8.95. The van der Waals surface area contributed by atoms with Gasteiger partial charge in [0.1, 0.15) is 0 Å². The van der Waals surface area contributed by atoms with Crippen molar-refractivity contribution in [2.45, 2.75) is 51.0 Å². The molecule has 0 spiro atoms. The molecule has 0 bridgehead atoms. The number of rotatable bonds is 7. The van der Waals surface area contributed by atoms with E-state index in [0.717, 1.165) is 32.0 Å². The molecule has 0 amide bonds. The fourth-order valence-corrected chi connectivity index (χ4v) is 2.41. The molecule has 18 heavy (non-hydrogen) atoms. The molecular weight excluding hydrogens is 222 g/mol. The van der Waals surface area contributed by atoms with Crippen molar-refractivity contribution in [2.24, 2.45) is 5.73 Å². The summed E-state index contributed by atoms with van der Waals surface area (Å²) in [5.74, 6) is 0.786. The zero-order valence-corrected chi connectivity index (χ0v) is 11.4. The number of hydrogen-bond acceptors (Lipinski definition) is 2. The molecule has 1 aliphatic carbocycles. The first kappa shape index (κ1) is 13.6. The maximum absolute atomic E-state index is 6.23. The Morgan fingerprint density at radius 2 is 2.17 bits per heavy atom. The van der Waals surface area contributed by atoms with Gasteiger partial charge in [0, 0.05) is 19.3 Å². The third kappa shape index (κ3) is 3.56. The van der Waals surface area contributed by atoms with Crippen LogP contribution in [0.25, 0.3) is 0 Å². The second kappa shape index (κ2) is 6.91. The standard InChI is InChI=1S/C16H25NO/c1-2-10-18-11-9-16(17)15-8-4-7-14(12-15)13-5-3-6-13/h4,7-8,12-13,16H,2-3,5-6,9-11,17H2,1H3. The molecule has 1 atom stereocenters. The molecule has 0 heterocycles. The van der Waals surface area contributed by atoms with Crippen LogP contribution < -0.4 is 5.73 Å². The maximum atomic E-state index is 6.23. The topological polar surface area (TPSA) is 35.2 Å². The van der Waals surface area contributed by atoms with Gasteiger partial charge < -0.3 is 10.5 Å². The molecule has 1 aliphatic rings. The average Bonchev–Trinajstić information content (AvgIpc) is 2.33. The molecular formula is C16H25NO. The predicted octanol–water partition coefficient (Wildman–Crippen LogP) is 3.77. The summed E-state index contributed by atoms with van der Waals surface area (Å²) in [4.78, 5) is 0. The summed E-state index contributed by atoms with van der Waals surface area (Å²) < 4.78 is 5.50. The second-order valence-electron chi connectivity index (χ2n) is 5.31. The predicted molar refractivity (Wildman–Crippen MR) is 75.7 cm³/mol. The van der Waals surface area contributed by atoms with Crippen LogP contribution in [0.1, 0.15) is 62.1 Å². The Balaban J connectivity index is 1.86. The number of ether oxygens (including phenoxy) is 1. The van der Waals surface area contributed by atoms with Crippen LogP contribution in [0.2, 0.25) is 0 Å². The summed E-state index contributed by atoms with van der Waals surface area (Å²) >= 11 is 0. The Hall–Kier alpha value is -0.860. The van der Waals surface area contributed by atoms with Crippen LogP contribution in [0.4, 0.5) is 0 Å². The molecule has 0 saturated heterocycles. The number of nitrogens with two attached hydrogens (primary N) is 1. The highest BCUT2D eigenvalue weighted by Gasteiger charge is 2.20. The van der Waals surface area contributed by atoms with Crippen molar-refractivity contribution in [1.82, 2.24) is 0 Å². The van der Waals surface area contributed by atoms with Crippen LogP contribution in [0, 0.1) is 0 Å². The van der Waals surface area contributed by atoms with E-state index in [0.29, 0.717) is 0 Å². The summed E-state index contributed by atoms with van der Waals surface area (Å²) in [7, 11) is 0. The van der Waals surface area contributed by atoms with Crippen molar-refractivity contribution in [3.8, 4) is 0 Å². The molecule has 1 aromatic rings. The minimum Gasteiger partial charge on any atom is -0.381 e. The third-order valence-electron chi connectivity index (χ3n) is 3.84. The Kier molecular flexibility index (Phi) is 5.21. The highest BCUT2D eigenvalue weighted by Crippen LogP contribution is 2.36. The van der Waals surface area contributed by atoms with E-state index in [2.05, 4.69) is 31.2 Å². The van der Waals surface area contributed by atoms with Crippen LogP contribution in [-0.4, -0.2) is 13.2 Å². The van der Waals surface area contributed by atoms with E-state index in [-0.39, 0.29) is 6.04 Å². The average molecular weight is 247 g/mol. The molecule has 1 fully saturated rings. The zero-order chi connectivity index (χ0) is 12.8.